The fraction of sp³-hybridized carbons (Fsp3) is 1.00. The van der Waals surface area contributed by atoms with Crippen molar-refractivity contribution in [1.82, 2.24) is 10.2 Å². The molecule has 3 fully saturated rings. The second-order valence-corrected chi connectivity index (χ2v) is 6.22. The van der Waals surface area contributed by atoms with Crippen molar-refractivity contribution >= 4 is 0 Å². The number of likely N-dealkylation sites (tertiary alicyclic amines) is 1. The van der Waals surface area contributed by atoms with Crippen molar-refractivity contribution in [1.29, 1.82) is 0 Å². The molecule has 4 unspecified atom stereocenters. The van der Waals surface area contributed by atoms with E-state index < -0.39 is 0 Å². The third-order valence-electron chi connectivity index (χ3n) is 5.23. The van der Waals surface area contributed by atoms with Crippen LogP contribution in [0.25, 0.3) is 0 Å². The van der Waals surface area contributed by atoms with Gasteiger partial charge in [-0.3, -0.25) is 4.90 Å². The van der Waals surface area contributed by atoms with E-state index in [2.05, 4.69) is 17.1 Å². The minimum Gasteiger partial charge on any atom is -0.312 e. The topological polar surface area (TPSA) is 15.3 Å². The number of nitrogens with zero attached hydrogens (tertiary/aromatic N) is 1. The molecular weight excluding hydrogens is 196 g/mol. The maximum Gasteiger partial charge on any atom is 0.0221 e. The van der Waals surface area contributed by atoms with Crippen LogP contribution in [0.1, 0.15) is 45.4 Å². The Bertz CT molecular complexity index is 241. The monoisotopic (exact) mass is 222 g/mol. The molecule has 2 saturated heterocycles. The molecule has 1 saturated carbocycles. The standard InChI is InChI=1S/C14H26N2/c1-11-7-8-15-13(11)10-16-9-3-5-12-4-2-6-14(12)16/h11-15H,2-10H2,1H3. The van der Waals surface area contributed by atoms with E-state index in [9.17, 15) is 0 Å². The highest BCUT2D eigenvalue weighted by Gasteiger charge is 2.36. The van der Waals surface area contributed by atoms with Crippen LogP contribution in [-0.4, -0.2) is 36.6 Å². The van der Waals surface area contributed by atoms with Gasteiger partial charge in [0.2, 0.25) is 0 Å². The van der Waals surface area contributed by atoms with Crippen molar-refractivity contribution in [2.24, 2.45) is 11.8 Å². The molecule has 0 aromatic rings. The summed E-state index contributed by atoms with van der Waals surface area (Å²) in [7, 11) is 0. The first-order valence-corrected chi connectivity index (χ1v) is 7.32. The zero-order valence-electron chi connectivity index (χ0n) is 10.6. The lowest BCUT2D eigenvalue weighted by Gasteiger charge is -2.39. The summed E-state index contributed by atoms with van der Waals surface area (Å²) >= 11 is 0. The number of nitrogens with one attached hydrogen (secondary N) is 1. The Balaban J connectivity index is 1.60. The van der Waals surface area contributed by atoms with Crippen molar-refractivity contribution in [2.45, 2.75) is 57.5 Å². The van der Waals surface area contributed by atoms with Crippen LogP contribution < -0.4 is 5.32 Å². The largest absolute Gasteiger partial charge is 0.312 e. The summed E-state index contributed by atoms with van der Waals surface area (Å²) in [4.78, 5) is 2.82. The normalized spacial score (nSPS) is 44.8. The molecule has 0 spiro atoms. The van der Waals surface area contributed by atoms with E-state index in [1.165, 1.54) is 58.2 Å². The lowest BCUT2D eigenvalue weighted by molar-refractivity contribution is 0.0985. The second kappa shape index (κ2) is 4.66. The molecule has 3 aliphatic rings. The summed E-state index contributed by atoms with van der Waals surface area (Å²) in [5, 5.41) is 3.69. The highest BCUT2D eigenvalue weighted by molar-refractivity contribution is 4.92. The highest BCUT2D eigenvalue weighted by atomic mass is 15.2. The maximum atomic E-state index is 3.69. The number of fused-ring (bicyclic) bond motifs is 1. The highest BCUT2D eigenvalue weighted by Crippen LogP contribution is 2.37. The van der Waals surface area contributed by atoms with Crippen molar-refractivity contribution < 1.29 is 0 Å². The molecule has 2 aliphatic heterocycles. The first-order chi connectivity index (χ1) is 7.84. The van der Waals surface area contributed by atoms with Crippen molar-refractivity contribution in [2.75, 3.05) is 19.6 Å². The molecule has 0 radical (unpaired) electrons. The van der Waals surface area contributed by atoms with Crippen molar-refractivity contribution in [3.8, 4) is 0 Å². The zero-order chi connectivity index (χ0) is 11.0. The minimum absolute atomic E-state index is 0.777. The average Bonchev–Trinajstić information content (AvgIpc) is 2.89. The smallest absolute Gasteiger partial charge is 0.0221 e. The maximum absolute atomic E-state index is 3.69. The Kier molecular flexibility index (Phi) is 3.21. The molecule has 2 heterocycles. The zero-order valence-corrected chi connectivity index (χ0v) is 10.6. The fourth-order valence-electron chi connectivity index (χ4n) is 4.18. The van der Waals surface area contributed by atoms with E-state index >= 15 is 0 Å². The number of hydrogen-bond donors (Lipinski definition) is 1. The van der Waals surface area contributed by atoms with Crippen LogP contribution >= 0.6 is 0 Å². The van der Waals surface area contributed by atoms with Crippen LogP contribution in [-0.2, 0) is 0 Å². The first kappa shape index (κ1) is 11.0. The summed E-state index contributed by atoms with van der Waals surface area (Å²) < 4.78 is 0. The van der Waals surface area contributed by atoms with Gasteiger partial charge in [-0.25, -0.2) is 0 Å². The predicted octanol–water partition coefficient (Wildman–Crippen LogP) is 2.25. The van der Waals surface area contributed by atoms with Crippen LogP contribution in [0.3, 0.4) is 0 Å². The van der Waals surface area contributed by atoms with Crippen molar-refractivity contribution in [3.63, 3.8) is 0 Å². The third-order valence-corrected chi connectivity index (χ3v) is 5.23. The Hall–Kier alpha value is -0.0800. The fourth-order valence-corrected chi connectivity index (χ4v) is 4.18. The molecule has 0 aromatic heterocycles. The van der Waals surface area contributed by atoms with Gasteiger partial charge in [0.15, 0.2) is 0 Å². The lowest BCUT2D eigenvalue weighted by Crippen LogP contribution is -2.49. The molecule has 92 valence electrons. The van der Waals surface area contributed by atoms with Crippen LogP contribution in [0.4, 0.5) is 0 Å². The Labute approximate surface area is 99.8 Å². The van der Waals surface area contributed by atoms with E-state index in [0.29, 0.717) is 0 Å². The van der Waals surface area contributed by atoms with Crippen molar-refractivity contribution in [3.05, 3.63) is 0 Å². The number of rotatable bonds is 2. The van der Waals surface area contributed by atoms with Gasteiger partial charge in [-0.15, -0.1) is 0 Å². The first-order valence-electron chi connectivity index (χ1n) is 7.32. The Morgan fingerprint density at radius 2 is 2.00 bits per heavy atom. The SMILES string of the molecule is CC1CCNC1CN1CCCC2CCCC21. The molecule has 3 rings (SSSR count). The summed E-state index contributed by atoms with van der Waals surface area (Å²) in [5.74, 6) is 1.94. The molecule has 4 atom stereocenters. The summed E-state index contributed by atoms with van der Waals surface area (Å²) in [6, 6.07) is 1.72. The van der Waals surface area contributed by atoms with Crippen LogP contribution in [0.2, 0.25) is 0 Å². The van der Waals surface area contributed by atoms with Crippen LogP contribution in [0, 0.1) is 11.8 Å². The summed E-state index contributed by atoms with van der Waals surface area (Å²) in [6.07, 6.45) is 8.81. The number of piperidine rings is 1. The van der Waals surface area contributed by atoms with Gasteiger partial charge in [0.05, 0.1) is 0 Å². The molecule has 0 amide bonds. The van der Waals surface area contributed by atoms with Gasteiger partial charge in [0, 0.05) is 18.6 Å². The molecule has 1 N–H and O–H groups in total. The van der Waals surface area contributed by atoms with E-state index in [1.54, 1.807) is 0 Å². The van der Waals surface area contributed by atoms with Gasteiger partial charge >= 0.3 is 0 Å². The molecule has 2 nitrogen and oxygen atoms in total. The molecule has 2 heteroatoms. The van der Waals surface area contributed by atoms with E-state index in [-0.39, 0.29) is 0 Å². The quantitative estimate of drug-likeness (QED) is 0.771. The van der Waals surface area contributed by atoms with E-state index in [0.717, 1.165) is 23.9 Å². The molecule has 1 aliphatic carbocycles. The molecule has 0 aromatic carbocycles. The summed E-state index contributed by atoms with van der Waals surface area (Å²) in [6.45, 7) is 6.35. The Morgan fingerprint density at radius 1 is 1.12 bits per heavy atom. The lowest BCUT2D eigenvalue weighted by atomic mass is 9.91. The number of hydrogen-bond acceptors (Lipinski definition) is 2. The van der Waals surface area contributed by atoms with Gasteiger partial charge < -0.3 is 5.32 Å². The molecular formula is C14H26N2. The molecule has 0 bridgehead atoms. The van der Waals surface area contributed by atoms with E-state index in [1.807, 2.05) is 0 Å². The third kappa shape index (κ3) is 2.02. The summed E-state index contributed by atoms with van der Waals surface area (Å²) in [5.41, 5.74) is 0. The minimum atomic E-state index is 0.777. The Morgan fingerprint density at radius 3 is 2.81 bits per heavy atom. The van der Waals surface area contributed by atoms with Crippen LogP contribution in [0.15, 0.2) is 0 Å². The average molecular weight is 222 g/mol. The predicted molar refractivity (Wildman–Crippen MR) is 67.5 cm³/mol. The van der Waals surface area contributed by atoms with Gasteiger partial charge in [-0.1, -0.05) is 13.3 Å². The molecule has 16 heavy (non-hydrogen) atoms. The van der Waals surface area contributed by atoms with E-state index in [4.69, 9.17) is 0 Å². The second-order valence-electron chi connectivity index (χ2n) is 6.22. The van der Waals surface area contributed by atoms with Crippen LogP contribution in [0.5, 0.6) is 0 Å². The van der Waals surface area contributed by atoms with Gasteiger partial charge in [0.1, 0.15) is 0 Å². The van der Waals surface area contributed by atoms with Gasteiger partial charge in [0.25, 0.3) is 0 Å². The van der Waals surface area contributed by atoms with Gasteiger partial charge in [-0.05, 0) is 57.0 Å². The van der Waals surface area contributed by atoms with Gasteiger partial charge in [-0.2, -0.15) is 0 Å².